The largest absolute Gasteiger partial charge is 0.379 e. The van der Waals surface area contributed by atoms with Crippen molar-refractivity contribution in [2.24, 2.45) is 4.99 Å². The van der Waals surface area contributed by atoms with E-state index in [1.807, 2.05) is 0 Å². The molecular weight excluding hydrogens is 514 g/mol. The molecular formula is C22H25Br2N3OS. The van der Waals surface area contributed by atoms with E-state index in [4.69, 9.17) is 9.73 Å². The van der Waals surface area contributed by atoms with Gasteiger partial charge in [0.1, 0.15) is 0 Å². The molecule has 29 heavy (non-hydrogen) atoms. The third-order valence-corrected chi connectivity index (χ3v) is 6.33. The standard InChI is InChI=1S/C22H24BrN3OS.BrH/c1-17-2-8-20(9-3-17)24-22-26(11-10-25-12-14-27-15-13-25)21(16-28-22)18-4-6-19(23)7-5-18;/h2-9,16H,10-15H2,1H3;1H. The van der Waals surface area contributed by atoms with E-state index < -0.39 is 0 Å². The molecule has 1 aliphatic heterocycles. The lowest BCUT2D eigenvalue weighted by Crippen LogP contribution is -2.39. The highest BCUT2D eigenvalue weighted by atomic mass is 79.9. The van der Waals surface area contributed by atoms with Crippen LogP contribution in [0.15, 0.2) is 63.4 Å². The molecule has 0 saturated carbocycles. The van der Waals surface area contributed by atoms with Crippen LogP contribution in [-0.4, -0.2) is 42.3 Å². The number of rotatable bonds is 5. The third-order valence-electron chi connectivity index (χ3n) is 4.94. The fourth-order valence-electron chi connectivity index (χ4n) is 3.28. The van der Waals surface area contributed by atoms with E-state index in [0.717, 1.165) is 54.4 Å². The third kappa shape index (κ3) is 5.89. The molecule has 3 aromatic rings. The van der Waals surface area contributed by atoms with Crippen LogP contribution in [0.5, 0.6) is 0 Å². The van der Waals surface area contributed by atoms with Gasteiger partial charge in [-0.3, -0.25) is 4.90 Å². The van der Waals surface area contributed by atoms with Crippen molar-refractivity contribution in [3.8, 4) is 11.3 Å². The zero-order valence-electron chi connectivity index (χ0n) is 16.4. The number of morpholine rings is 1. The van der Waals surface area contributed by atoms with Crippen LogP contribution in [0.1, 0.15) is 5.56 Å². The average molecular weight is 539 g/mol. The van der Waals surface area contributed by atoms with Crippen molar-refractivity contribution in [3.63, 3.8) is 0 Å². The van der Waals surface area contributed by atoms with Gasteiger partial charge in [0, 0.05) is 36.0 Å². The molecule has 1 aromatic heterocycles. The lowest BCUT2D eigenvalue weighted by atomic mass is 10.2. The predicted molar refractivity (Wildman–Crippen MR) is 129 cm³/mol. The maximum absolute atomic E-state index is 5.48. The van der Waals surface area contributed by atoms with Crippen LogP contribution in [0.2, 0.25) is 0 Å². The average Bonchev–Trinajstić information content (AvgIpc) is 3.12. The molecule has 4 rings (SSSR count). The Bertz CT molecular complexity index is 975. The molecule has 0 bridgehead atoms. The number of hydrogen-bond acceptors (Lipinski definition) is 4. The molecule has 2 heterocycles. The van der Waals surface area contributed by atoms with Gasteiger partial charge in [0.25, 0.3) is 0 Å². The van der Waals surface area contributed by atoms with Gasteiger partial charge >= 0.3 is 0 Å². The Morgan fingerprint density at radius 2 is 1.69 bits per heavy atom. The molecule has 0 atom stereocenters. The lowest BCUT2D eigenvalue weighted by molar-refractivity contribution is 0.0363. The molecule has 1 fully saturated rings. The van der Waals surface area contributed by atoms with Crippen molar-refractivity contribution in [2.75, 3.05) is 32.8 Å². The highest BCUT2D eigenvalue weighted by Crippen LogP contribution is 2.23. The zero-order chi connectivity index (χ0) is 19.3. The van der Waals surface area contributed by atoms with Crippen LogP contribution in [0.25, 0.3) is 11.3 Å². The van der Waals surface area contributed by atoms with Crippen LogP contribution in [0.3, 0.4) is 0 Å². The highest BCUT2D eigenvalue weighted by Gasteiger charge is 2.13. The monoisotopic (exact) mass is 537 g/mol. The van der Waals surface area contributed by atoms with Crippen LogP contribution < -0.4 is 4.80 Å². The maximum Gasteiger partial charge on any atom is 0.190 e. The fourth-order valence-corrected chi connectivity index (χ4v) is 4.50. The second-order valence-corrected chi connectivity index (χ2v) is 8.72. The predicted octanol–water partition coefficient (Wildman–Crippen LogP) is 5.43. The molecule has 0 amide bonds. The van der Waals surface area contributed by atoms with E-state index in [2.05, 4.69) is 86.2 Å². The van der Waals surface area contributed by atoms with Gasteiger partial charge in [0.2, 0.25) is 0 Å². The lowest BCUT2D eigenvalue weighted by Gasteiger charge is -2.26. The molecule has 1 saturated heterocycles. The van der Waals surface area contributed by atoms with Crippen molar-refractivity contribution in [2.45, 2.75) is 13.5 Å². The Labute approximate surface area is 194 Å². The topological polar surface area (TPSA) is 29.8 Å². The Balaban J connectivity index is 0.00000240. The molecule has 7 heteroatoms. The van der Waals surface area contributed by atoms with E-state index in [1.54, 1.807) is 11.3 Å². The van der Waals surface area contributed by atoms with Gasteiger partial charge in [0.05, 0.1) is 24.6 Å². The Morgan fingerprint density at radius 1 is 1.00 bits per heavy atom. The summed E-state index contributed by atoms with van der Waals surface area (Å²) in [5, 5.41) is 2.22. The summed E-state index contributed by atoms with van der Waals surface area (Å²) in [5.41, 5.74) is 4.68. The van der Waals surface area contributed by atoms with Gasteiger partial charge in [0.15, 0.2) is 4.80 Å². The first kappa shape index (κ1) is 22.4. The van der Waals surface area contributed by atoms with Crippen LogP contribution in [-0.2, 0) is 11.3 Å². The second kappa shape index (κ2) is 10.7. The summed E-state index contributed by atoms with van der Waals surface area (Å²) in [6.07, 6.45) is 0. The summed E-state index contributed by atoms with van der Waals surface area (Å²) >= 11 is 5.24. The first-order chi connectivity index (χ1) is 13.7. The van der Waals surface area contributed by atoms with E-state index in [0.29, 0.717) is 0 Å². The minimum atomic E-state index is 0. The van der Waals surface area contributed by atoms with Gasteiger partial charge in [-0.15, -0.1) is 28.3 Å². The summed E-state index contributed by atoms with van der Waals surface area (Å²) in [6, 6.07) is 16.9. The number of benzene rings is 2. The van der Waals surface area contributed by atoms with Gasteiger partial charge < -0.3 is 9.30 Å². The summed E-state index contributed by atoms with van der Waals surface area (Å²) < 4.78 is 8.93. The molecule has 0 spiro atoms. The normalized spacial score (nSPS) is 15.3. The van der Waals surface area contributed by atoms with Crippen LogP contribution in [0.4, 0.5) is 5.69 Å². The van der Waals surface area contributed by atoms with Crippen molar-refractivity contribution < 1.29 is 4.74 Å². The van der Waals surface area contributed by atoms with Crippen molar-refractivity contribution in [1.29, 1.82) is 0 Å². The Kier molecular flexibility index (Phi) is 8.26. The van der Waals surface area contributed by atoms with E-state index in [9.17, 15) is 0 Å². The van der Waals surface area contributed by atoms with E-state index in [1.165, 1.54) is 16.8 Å². The van der Waals surface area contributed by atoms with Gasteiger partial charge in [-0.05, 0) is 36.8 Å². The molecule has 0 radical (unpaired) electrons. The van der Waals surface area contributed by atoms with Crippen molar-refractivity contribution >= 4 is 49.9 Å². The molecule has 0 aliphatic carbocycles. The first-order valence-electron chi connectivity index (χ1n) is 9.55. The highest BCUT2D eigenvalue weighted by molar-refractivity contribution is 9.10. The van der Waals surface area contributed by atoms with Gasteiger partial charge in [-0.25, -0.2) is 4.99 Å². The molecule has 0 N–H and O–H groups in total. The molecule has 4 nitrogen and oxygen atoms in total. The number of aromatic nitrogens is 1. The number of aryl methyl sites for hydroxylation is 1. The molecule has 2 aromatic carbocycles. The first-order valence-corrected chi connectivity index (χ1v) is 11.2. The van der Waals surface area contributed by atoms with Crippen molar-refractivity contribution in [3.05, 3.63) is 68.7 Å². The van der Waals surface area contributed by atoms with Crippen LogP contribution in [0, 0.1) is 6.92 Å². The van der Waals surface area contributed by atoms with Crippen LogP contribution >= 0.6 is 44.2 Å². The number of halogens is 2. The molecule has 0 unspecified atom stereocenters. The number of ether oxygens (including phenoxy) is 1. The summed E-state index contributed by atoms with van der Waals surface area (Å²) in [4.78, 5) is 8.44. The van der Waals surface area contributed by atoms with Crippen molar-refractivity contribution in [1.82, 2.24) is 9.47 Å². The smallest absolute Gasteiger partial charge is 0.190 e. The quantitative estimate of drug-likeness (QED) is 0.433. The van der Waals surface area contributed by atoms with Gasteiger partial charge in [-0.1, -0.05) is 45.8 Å². The minimum absolute atomic E-state index is 0. The Morgan fingerprint density at radius 3 is 2.38 bits per heavy atom. The zero-order valence-corrected chi connectivity index (χ0v) is 20.5. The number of hydrogen-bond donors (Lipinski definition) is 0. The minimum Gasteiger partial charge on any atom is -0.379 e. The summed E-state index contributed by atoms with van der Waals surface area (Å²) in [5.74, 6) is 0. The SMILES string of the molecule is Br.Cc1ccc(N=c2scc(-c3ccc(Br)cc3)n2CCN2CCOCC2)cc1. The van der Waals surface area contributed by atoms with Gasteiger partial charge in [-0.2, -0.15) is 0 Å². The van der Waals surface area contributed by atoms with E-state index >= 15 is 0 Å². The molecule has 1 aliphatic rings. The number of thiazole rings is 1. The Hall–Kier alpha value is -1.25. The molecule has 154 valence electrons. The van der Waals surface area contributed by atoms with E-state index in [-0.39, 0.29) is 17.0 Å². The number of nitrogens with zero attached hydrogens (tertiary/aromatic N) is 3. The summed E-state index contributed by atoms with van der Waals surface area (Å²) in [7, 11) is 0. The second-order valence-electron chi connectivity index (χ2n) is 6.96. The maximum atomic E-state index is 5.48. The fraction of sp³-hybridized carbons (Fsp3) is 0.318. The summed E-state index contributed by atoms with van der Waals surface area (Å²) in [6.45, 7) is 7.68.